The maximum atomic E-state index is 12.6. The molecule has 0 spiro atoms. The molecule has 0 bridgehead atoms. The van der Waals surface area contributed by atoms with Crippen LogP contribution in [0.25, 0.3) is 17.1 Å². The Labute approximate surface area is 174 Å². The number of hydrogen-bond donors (Lipinski definition) is 0. The minimum absolute atomic E-state index is 0.0413. The Morgan fingerprint density at radius 3 is 2.93 bits per heavy atom. The molecule has 1 fully saturated rings. The van der Waals surface area contributed by atoms with Crippen LogP contribution in [0.4, 0.5) is 0 Å². The average Bonchev–Trinajstić information content (AvgIpc) is 3.42. The summed E-state index contributed by atoms with van der Waals surface area (Å²) < 4.78 is 13.7. The first-order chi connectivity index (χ1) is 13.1. The van der Waals surface area contributed by atoms with Crippen molar-refractivity contribution in [1.29, 1.82) is 0 Å². The van der Waals surface area contributed by atoms with Gasteiger partial charge in [-0.2, -0.15) is 0 Å². The second kappa shape index (κ2) is 7.63. The monoisotopic (exact) mass is 494 g/mol. The van der Waals surface area contributed by atoms with Gasteiger partial charge in [0.1, 0.15) is 3.57 Å². The second-order valence-corrected chi connectivity index (χ2v) is 8.87. The van der Waals surface area contributed by atoms with Crippen molar-refractivity contribution in [1.82, 2.24) is 9.38 Å². The minimum Gasteiger partial charge on any atom is -0.493 e. The van der Waals surface area contributed by atoms with Crippen LogP contribution in [0.15, 0.2) is 29.2 Å². The van der Waals surface area contributed by atoms with Gasteiger partial charge in [0.15, 0.2) is 16.5 Å². The predicted octanol–water partition coefficient (Wildman–Crippen LogP) is 4.64. The summed E-state index contributed by atoms with van der Waals surface area (Å²) in [5.41, 5.74) is 1.54. The van der Waals surface area contributed by atoms with Gasteiger partial charge in [0.2, 0.25) is 0 Å². The van der Waals surface area contributed by atoms with Gasteiger partial charge < -0.3 is 9.47 Å². The van der Waals surface area contributed by atoms with Crippen LogP contribution >= 0.6 is 33.9 Å². The van der Waals surface area contributed by atoms with Crippen LogP contribution in [0, 0.1) is 16.4 Å². The Hall–Kier alpha value is -1.87. The lowest BCUT2D eigenvalue weighted by atomic mass is 10.1. The highest BCUT2D eigenvalue weighted by molar-refractivity contribution is 14.1. The van der Waals surface area contributed by atoms with E-state index in [2.05, 4.69) is 27.6 Å². The molecule has 140 valence electrons. The fourth-order valence-electron chi connectivity index (χ4n) is 2.79. The summed E-state index contributed by atoms with van der Waals surface area (Å²) in [7, 11) is 1.64. The highest BCUT2D eigenvalue weighted by Crippen LogP contribution is 2.36. The summed E-state index contributed by atoms with van der Waals surface area (Å²) in [4.78, 5) is 19.0. The number of aromatic nitrogens is 2. The van der Waals surface area contributed by atoms with Gasteiger partial charge in [0.05, 0.1) is 19.4 Å². The van der Waals surface area contributed by atoms with E-state index < -0.39 is 0 Å². The standard InChI is InChI=1S/C20H19IN2O3S/c1-12-10-23-19(24)17(21)15(22-20(23)27-12)9-8-14-4-3-5-16(25-2)18(14)26-11-13-6-7-13/h3-5,8-10,13H,6-7,11H2,1-2H3. The van der Waals surface area contributed by atoms with E-state index in [0.29, 0.717) is 32.5 Å². The van der Waals surface area contributed by atoms with Crippen molar-refractivity contribution >= 4 is 51.0 Å². The number of benzene rings is 1. The van der Waals surface area contributed by atoms with E-state index in [-0.39, 0.29) is 5.56 Å². The molecule has 2 heterocycles. The van der Waals surface area contributed by atoms with Crippen LogP contribution in [0.3, 0.4) is 0 Å². The molecular weight excluding hydrogens is 475 g/mol. The number of halogens is 1. The van der Waals surface area contributed by atoms with Gasteiger partial charge in [-0.05, 0) is 66.5 Å². The van der Waals surface area contributed by atoms with Crippen LogP contribution in [-0.2, 0) is 0 Å². The SMILES string of the molecule is COc1cccc(C=Cc2nc3sc(C)cn3c(=O)c2I)c1OCC1CC1. The maximum Gasteiger partial charge on any atom is 0.272 e. The summed E-state index contributed by atoms with van der Waals surface area (Å²) in [6, 6.07) is 5.81. The number of aryl methyl sites for hydroxylation is 1. The molecule has 1 aliphatic carbocycles. The number of nitrogens with zero attached hydrogens (tertiary/aromatic N) is 2. The molecule has 0 atom stereocenters. The number of thiazole rings is 1. The molecule has 1 aromatic carbocycles. The van der Waals surface area contributed by atoms with E-state index in [1.165, 1.54) is 24.2 Å². The van der Waals surface area contributed by atoms with Crippen molar-refractivity contribution in [3.05, 3.63) is 54.5 Å². The Kier molecular flexibility index (Phi) is 5.23. The fourth-order valence-corrected chi connectivity index (χ4v) is 4.17. The Morgan fingerprint density at radius 2 is 2.19 bits per heavy atom. The molecule has 0 N–H and O–H groups in total. The van der Waals surface area contributed by atoms with Gasteiger partial charge in [0.25, 0.3) is 5.56 Å². The Morgan fingerprint density at radius 1 is 1.37 bits per heavy atom. The Balaban J connectivity index is 1.71. The van der Waals surface area contributed by atoms with Gasteiger partial charge in [-0.1, -0.05) is 12.1 Å². The highest BCUT2D eigenvalue weighted by Gasteiger charge is 2.23. The number of fused-ring (bicyclic) bond motifs is 1. The van der Waals surface area contributed by atoms with Crippen molar-refractivity contribution in [2.45, 2.75) is 19.8 Å². The molecule has 0 radical (unpaired) electrons. The minimum atomic E-state index is -0.0413. The summed E-state index contributed by atoms with van der Waals surface area (Å²) in [6.07, 6.45) is 8.10. The fraction of sp³-hybridized carbons (Fsp3) is 0.300. The molecule has 1 aliphatic rings. The number of hydrogen-bond acceptors (Lipinski definition) is 5. The van der Waals surface area contributed by atoms with Crippen molar-refractivity contribution in [2.75, 3.05) is 13.7 Å². The number of rotatable bonds is 6. The smallest absolute Gasteiger partial charge is 0.272 e. The van der Waals surface area contributed by atoms with E-state index in [0.717, 1.165) is 16.2 Å². The van der Waals surface area contributed by atoms with E-state index in [1.54, 1.807) is 11.5 Å². The highest BCUT2D eigenvalue weighted by atomic mass is 127. The number of para-hydroxylation sites is 1. The normalized spacial score (nSPS) is 14.2. The zero-order chi connectivity index (χ0) is 19.0. The summed E-state index contributed by atoms with van der Waals surface area (Å²) in [6.45, 7) is 2.68. The topological polar surface area (TPSA) is 52.8 Å². The largest absolute Gasteiger partial charge is 0.493 e. The molecule has 0 aliphatic heterocycles. The molecule has 3 aromatic rings. The first-order valence-electron chi connectivity index (χ1n) is 8.73. The van der Waals surface area contributed by atoms with E-state index in [1.807, 2.05) is 43.5 Å². The number of methoxy groups -OCH3 is 1. The molecule has 1 saturated carbocycles. The molecule has 0 saturated heterocycles. The van der Waals surface area contributed by atoms with Gasteiger partial charge in [0, 0.05) is 16.6 Å². The molecule has 2 aromatic heterocycles. The summed E-state index contributed by atoms with van der Waals surface area (Å²) >= 11 is 3.57. The van der Waals surface area contributed by atoms with E-state index in [9.17, 15) is 4.79 Å². The van der Waals surface area contributed by atoms with Crippen LogP contribution < -0.4 is 15.0 Å². The molecule has 27 heavy (non-hydrogen) atoms. The summed E-state index contributed by atoms with van der Waals surface area (Å²) in [5, 5.41) is 0. The third-order valence-corrected chi connectivity index (χ3v) is 6.34. The molecule has 0 amide bonds. The van der Waals surface area contributed by atoms with Crippen LogP contribution in [-0.4, -0.2) is 23.1 Å². The predicted molar refractivity (Wildman–Crippen MR) is 117 cm³/mol. The number of ether oxygens (including phenoxy) is 2. The van der Waals surface area contributed by atoms with Crippen molar-refractivity contribution in [2.24, 2.45) is 5.92 Å². The van der Waals surface area contributed by atoms with Crippen molar-refractivity contribution in [3.63, 3.8) is 0 Å². The lowest BCUT2D eigenvalue weighted by molar-refractivity contribution is 0.280. The van der Waals surface area contributed by atoms with Crippen LogP contribution in [0.5, 0.6) is 11.5 Å². The Bertz CT molecular complexity index is 1080. The molecule has 7 heteroatoms. The van der Waals surface area contributed by atoms with E-state index in [4.69, 9.17) is 9.47 Å². The maximum absolute atomic E-state index is 12.6. The third-order valence-electron chi connectivity index (χ3n) is 4.43. The summed E-state index contributed by atoms with van der Waals surface area (Å²) in [5.74, 6) is 2.10. The first kappa shape index (κ1) is 18.5. The van der Waals surface area contributed by atoms with Crippen molar-refractivity contribution < 1.29 is 9.47 Å². The van der Waals surface area contributed by atoms with Crippen molar-refractivity contribution in [3.8, 4) is 11.5 Å². The van der Waals surface area contributed by atoms with E-state index >= 15 is 0 Å². The van der Waals surface area contributed by atoms with Gasteiger partial charge in [-0.15, -0.1) is 11.3 Å². The van der Waals surface area contributed by atoms with Gasteiger partial charge >= 0.3 is 0 Å². The zero-order valence-corrected chi connectivity index (χ0v) is 18.0. The van der Waals surface area contributed by atoms with Gasteiger partial charge in [-0.3, -0.25) is 9.20 Å². The zero-order valence-electron chi connectivity index (χ0n) is 15.1. The average molecular weight is 494 g/mol. The quantitative estimate of drug-likeness (QED) is 0.469. The van der Waals surface area contributed by atoms with Crippen LogP contribution in [0.2, 0.25) is 0 Å². The third kappa shape index (κ3) is 3.89. The molecular formula is C20H19IN2O3S. The lowest BCUT2D eigenvalue weighted by Crippen LogP contribution is -2.17. The first-order valence-corrected chi connectivity index (χ1v) is 10.6. The molecule has 4 rings (SSSR count). The lowest BCUT2D eigenvalue weighted by Gasteiger charge is -2.13. The molecule has 0 unspecified atom stereocenters. The second-order valence-electron chi connectivity index (χ2n) is 6.58. The van der Waals surface area contributed by atoms with Crippen LogP contribution in [0.1, 0.15) is 29.0 Å². The molecule has 5 nitrogen and oxygen atoms in total. The van der Waals surface area contributed by atoms with Gasteiger partial charge in [-0.25, -0.2) is 4.98 Å².